The molecule has 1 aromatic carbocycles. The van der Waals surface area contributed by atoms with Crippen LogP contribution < -0.4 is 5.32 Å². The molecule has 0 aliphatic carbocycles. The second-order valence-corrected chi connectivity index (χ2v) is 5.29. The molecule has 17 heavy (non-hydrogen) atoms. The lowest BCUT2D eigenvalue weighted by Gasteiger charge is -2.20. The molecule has 1 aliphatic rings. The molecule has 1 N–H and O–H groups in total. The normalized spacial score (nSPS) is 21.8. The van der Waals surface area contributed by atoms with E-state index in [9.17, 15) is 0 Å². The molecule has 1 fully saturated rings. The van der Waals surface area contributed by atoms with E-state index in [1.807, 2.05) is 12.1 Å². The molecule has 1 saturated heterocycles. The van der Waals surface area contributed by atoms with Gasteiger partial charge in [-0.05, 0) is 43.4 Å². The van der Waals surface area contributed by atoms with Gasteiger partial charge >= 0.3 is 0 Å². The molecule has 2 heterocycles. The first-order valence-electron chi connectivity index (χ1n) is 6.07. The van der Waals surface area contributed by atoms with Crippen molar-refractivity contribution in [3.63, 3.8) is 0 Å². The van der Waals surface area contributed by atoms with Gasteiger partial charge in [-0.2, -0.15) is 4.37 Å². The predicted molar refractivity (Wildman–Crippen MR) is 71.7 cm³/mol. The largest absolute Gasteiger partial charge is 0.376 e. The van der Waals surface area contributed by atoms with E-state index in [1.54, 1.807) is 0 Å². The van der Waals surface area contributed by atoms with Crippen LogP contribution in [0.25, 0.3) is 10.9 Å². The van der Waals surface area contributed by atoms with Gasteiger partial charge in [0.15, 0.2) is 0 Å². The zero-order valence-electron chi connectivity index (χ0n) is 9.85. The van der Waals surface area contributed by atoms with E-state index in [-0.39, 0.29) is 0 Å². The van der Waals surface area contributed by atoms with Crippen molar-refractivity contribution < 1.29 is 4.74 Å². The zero-order chi connectivity index (χ0) is 11.7. The highest BCUT2D eigenvalue weighted by Gasteiger charge is 2.23. The Labute approximate surface area is 105 Å². The standard InChI is InChI=1S/C13H16N2OS/c1-9(12-7-4-8-16-12)14-13-10-5-2-3-6-11(10)15-17-13/h2-3,5-6,9,12,14H,4,7-8H2,1H3. The van der Waals surface area contributed by atoms with E-state index in [0.717, 1.165) is 23.5 Å². The van der Waals surface area contributed by atoms with Gasteiger partial charge in [-0.1, -0.05) is 12.1 Å². The van der Waals surface area contributed by atoms with Crippen LogP contribution in [0.5, 0.6) is 0 Å². The monoisotopic (exact) mass is 248 g/mol. The average Bonchev–Trinajstić information content (AvgIpc) is 2.98. The summed E-state index contributed by atoms with van der Waals surface area (Å²) in [6.45, 7) is 3.09. The number of hydrogen-bond donors (Lipinski definition) is 1. The van der Waals surface area contributed by atoms with Crippen molar-refractivity contribution in [2.45, 2.75) is 31.9 Å². The van der Waals surface area contributed by atoms with Crippen molar-refractivity contribution in [3.05, 3.63) is 24.3 Å². The Morgan fingerprint density at radius 1 is 1.47 bits per heavy atom. The fourth-order valence-corrected chi connectivity index (χ4v) is 3.15. The van der Waals surface area contributed by atoms with Gasteiger partial charge < -0.3 is 10.1 Å². The summed E-state index contributed by atoms with van der Waals surface area (Å²) in [4.78, 5) is 0. The van der Waals surface area contributed by atoms with Crippen LogP contribution >= 0.6 is 11.5 Å². The molecule has 0 bridgehead atoms. The summed E-state index contributed by atoms with van der Waals surface area (Å²) in [5.74, 6) is 0. The number of hydrogen-bond acceptors (Lipinski definition) is 4. The summed E-state index contributed by atoms with van der Waals surface area (Å²) in [5.41, 5.74) is 1.07. The third-order valence-electron chi connectivity index (χ3n) is 3.27. The second kappa shape index (κ2) is 4.63. The molecule has 4 heteroatoms. The Kier molecular flexibility index (Phi) is 2.99. The van der Waals surface area contributed by atoms with Crippen molar-refractivity contribution in [2.75, 3.05) is 11.9 Å². The summed E-state index contributed by atoms with van der Waals surface area (Å²) in [7, 11) is 0. The highest BCUT2D eigenvalue weighted by Crippen LogP contribution is 2.29. The number of aromatic nitrogens is 1. The summed E-state index contributed by atoms with van der Waals surface area (Å²) >= 11 is 1.53. The molecule has 0 spiro atoms. The number of nitrogens with one attached hydrogen (secondary N) is 1. The highest BCUT2D eigenvalue weighted by atomic mass is 32.1. The Morgan fingerprint density at radius 2 is 2.35 bits per heavy atom. The molecular weight excluding hydrogens is 232 g/mol. The molecular formula is C13H16N2OS. The molecule has 2 aromatic rings. The first-order chi connectivity index (χ1) is 8.34. The molecule has 3 nitrogen and oxygen atoms in total. The molecule has 90 valence electrons. The number of benzene rings is 1. The number of nitrogens with zero attached hydrogens (tertiary/aromatic N) is 1. The minimum atomic E-state index is 0.343. The molecule has 1 aliphatic heterocycles. The van der Waals surface area contributed by atoms with Crippen molar-refractivity contribution in [1.29, 1.82) is 0 Å². The first kappa shape index (κ1) is 11.0. The van der Waals surface area contributed by atoms with Crippen LogP contribution in [-0.4, -0.2) is 23.1 Å². The van der Waals surface area contributed by atoms with Crippen LogP contribution in [-0.2, 0) is 4.74 Å². The van der Waals surface area contributed by atoms with Gasteiger partial charge in [-0.3, -0.25) is 0 Å². The van der Waals surface area contributed by atoms with Gasteiger partial charge in [0.2, 0.25) is 0 Å². The van der Waals surface area contributed by atoms with Gasteiger partial charge in [-0.25, -0.2) is 0 Å². The van der Waals surface area contributed by atoms with Gasteiger partial charge in [-0.15, -0.1) is 0 Å². The third kappa shape index (κ3) is 2.15. The van der Waals surface area contributed by atoms with Crippen LogP contribution in [0.4, 0.5) is 5.00 Å². The van der Waals surface area contributed by atoms with E-state index in [2.05, 4.69) is 28.7 Å². The van der Waals surface area contributed by atoms with E-state index < -0.39 is 0 Å². The second-order valence-electron chi connectivity index (χ2n) is 4.51. The smallest absolute Gasteiger partial charge is 0.117 e. The van der Waals surface area contributed by atoms with Gasteiger partial charge in [0, 0.05) is 12.0 Å². The summed E-state index contributed by atoms with van der Waals surface area (Å²) in [5, 5.41) is 5.90. The molecule has 2 atom stereocenters. The number of ether oxygens (including phenoxy) is 1. The van der Waals surface area contributed by atoms with E-state index in [0.29, 0.717) is 12.1 Å². The lowest BCUT2D eigenvalue weighted by atomic mass is 10.1. The number of rotatable bonds is 3. The minimum absolute atomic E-state index is 0.343. The SMILES string of the molecule is CC(Nc1snc2ccccc12)C1CCCO1. The molecule has 0 amide bonds. The Hall–Kier alpha value is -1.13. The molecule has 3 rings (SSSR count). The summed E-state index contributed by atoms with van der Waals surface area (Å²) < 4.78 is 10.1. The quantitative estimate of drug-likeness (QED) is 0.905. The van der Waals surface area contributed by atoms with Crippen LogP contribution in [0.3, 0.4) is 0 Å². The fraction of sp³-hybridized carbons (Fsp3) is 0.462. The van der Waals surface area contributed by atoms with E-state index in [1.165, 1.54) is 23.3 Å². The van der Waals surface area contributed by atoms with Crippen LogP contribution in [0.1, 0.15) is 19.8 Å². The maximum atomic E-state index is 5.70. The topological polar surface area (TPSA) is 34.2 Å². The maximum absolute atomic E-state index is 5.70. The average molecular weight is 248 g/mol. The Bertz CT molecular complexity index is 505. The van der Waals surface area contributed by atoms with Crippen molar-refractivity contribution in [2.24, 2.45) is 0 Å². The molecule has 2 unspecified atom stereocenters. The van der Waals surface area contributed by atoms with Crippen molar-refractivity contribution in [1.82, 2.24) is 4.37 Å². The summed E-state index contributed by atoms with van der Waals surface area (Å²) in [6.07, 6.45) is 2.68. The van der Waals surface area contributed by atoms with Crippen LogP contribution in [0.15, 0.2) is 24.3 Å². The molecule has 0 radical (unpaired) electrons. The van der Waals surface area contributed by atoms with Crippen molar-refractivity contribution >= 4 is 27.4 Å². The van der Waals surface area contributed by atoms with Gasteiger partial charge in [0.1, 0.15) is 5.00 Å². The number of anilines is 1. The molecule has 0 saturated carbocycles. The zero-order valence-corrected chi connectivity index (χ0v) is 10.7. The maximum Gasteiger partial charge on any atom is 0.117 e. The third-order valence-corrected chi connectivity index (χ3v) is 4.07. The van der Waals surface area contributed by atoms with Gasteiger partial charge in [0.05, 0.1) is 17.7 Å². The predicted octanol–water partition coefficient (Wildman–Crippen LogP) is 3.28. The van der Waals surface area contributed by atoms with E-state index in [4.69, 9.17) is 4.74 Å². The van der Waals surface area contributed by atoms with Crippen molar-refractivity contribution in [3.8, 4) is 0 Å². The highest BCUT2D eigenvalue weighted by molar-refractivity contribution is 7.11. The lowest BCUT2D eigenvalue weighted by Crippen LogP contribution is -2.29. The fourth-order valence-electron chi connectivity index (χ4n) is 2.29. The first-order valence-corrected chi connectivity index (χ1v) is 6.84. The van der Waals surface area contributed by atoms with Crippen LogP contribution in [0, 0.1) is 0 Å². The Morgan fingerprint density at radius 3 is 3.18 bits per heavy atom. The van der Waals surface area contributed by atoms with Crippen LogP contribution in [0.2, 0.25) is 0 Å². The summed E-state index contributed by atoms with van der Waals surface area (Å²) in [6, 6.07) is 8.59. The number of fused-ring (bicyclic) bond motifs is 1. The Balaban J connectivity index is 1.80. The van der Waals surface area contributed by atoms with E-state index >= 15 is 0 Å². The minimum Gasteiger partial charge on any atom is -0.376 e. The lowest BCUT2D eigenvalue weighted by molar-refractivity contribution is 0.0998. The molecule has 1 aromatic heterocycles. The van der Waals surface area contributed by atoms with Gasteiger partial charge in [0.25, 0.3) is 0 Å².